The van der Waals surface area contributed by atoms with E-state index in [9.17, 15) is 9.59 Å². The van der Waals surface area contributed by atoms with Crippen molar-refractivity contribution in [2.24, 2.45) is 11.8 Å². The van der Waals surface area contributed by atoms with Gasteiger partial charge >= 0.3 is 0 Å². The molecule has 0 bridgehead atoms. The van der Waals surface area contributed by atoms with E-state index in [4.69, 9.17) is 9.72 Å². The smallest absolute Gasteiger partial charge is 0.255 e. The summed E-state index contributed by atoms with van der Waals surface area (Å²) in [7, 11) is 1.61. The Hall–Kier alpha value is -2.89. The van der Waals surface area contributed by atoms with Gasteiger partial charge in [0.25, 0.3) is 11.8 Å². The second-order valence-electron chi connectivity index (χ2n) is 10.5. The maximum absolute atomic E-state index is 13.7. The van der Waals surface area contributed by atoms with E-state index in [1.165, 1.54) is 25.7 Å². The van der Waals surface area contributed by atoms with Gasteiger partial charge in [-0.2, -0.15) is 0 Å². The van der Waals surface area contributed by atoms with Gasteiger partial charge in [0.05, 0.1) is 18.4 Å². The van der Waals surface area contributed by atoms with Crippen LogP contribution < -0.4 is 4.74 Å². The number of amides is 2. The standard InChI is InChI=1S/C29H37N3O3/c1-20-10-11-26(29(34)32-17-12-21-6-3-4-7-24(21)19-32)27(30-20)22-13-15-31(16-14-22)28(33)23-8-5-9-25(18-23)35-2/h5,8-11,18,21-22,24H,3-4,6-7,12-17,19H2,1-2H3. The molecule has 2 atom stereocenters. The third-order valence-corrected chi connectivity index (χ3v) is 8.36. The fraction of sp³-hybridized carbons (Fsp3) is 0.552. The number of piperidine rings is 2. The first kappa shape index (κ1) is 23.8. The van der Waals surface area contributed by atoms with Crippen LogP contribution in [-0.2, 0) is 0 Å². The Morgan fingerprint density at radius 3 is 2.40 bits per heavy atom. The van der Waals surface area contributed by atoms with Crippen molar-refractivity contribution in [2.75, 3.05) is 33.3 Å². The summed E-state index contributed by atoms with van der Waals surface area (Å²) in [6.07, 6.45) is 8.00. The number of nitrogens with zero attached hydrogens (tertiary/aromatic N) is 3. The summed E-state index contributed by atoms with van der Waals surface area (Å²) in [5.74, 6) is 2.52. The number of ether oxygens (including phenoxy) is 1. The predicted molar refractivity (Wildman–Crippen MR) is 136 cm³/mol. The molecule has 2 saturated heterocycles. The van der Waals surface area contributed by atoms with Crippen molar-refractivity contribution in [3.8, 4) is 5.75 Å². The molecular weight excluding hydrogens is 438 g/mol. The summed E-state index contributed by atoms with van der Waals surface area (Å²) in [4.78, 5) is 35.6. The summed E-state index contributed by atoms with van der Waals surface area (Å²) in [5, 5.41) is 0. The molecule has 3 aliphatic rings. The molecule has 1 aromatic carbocycles. The zero-order chi connectivity index (χ0) is 24.4. The lowest BCUT2D eigenvalue weighted by Crippen LogP contribution is -2.45. The highest BCUT2D eigenvalue weighted by molar-refractivity contribution is 5.96. The van der Waals surface area contributed by atoms with E-state index >= 15 is 0 Å². The lowest BCUT2D eigenvalue weighted by atomic mass is 9.75. The average Bonchev–Trinajstić information content (AvgIpc) is 2.92. The molecule has 35 heavy (non-hydrogen) atoms. The summed E-state index contributed by atoms with van der Waals surface area (Å²) in [6, 6.07) is 11.3. The second-order valence-corrected chi connectivity index (χ2v) is 10.5. The topological polar surface area (TPSA) is 62.7 Å². The van der Waals surface area contributed by atoms with E-state index in [0.29, 0.717) is 30.3 Å². The Balaban J connectivity index is 1.28. The molecule has 0 radical (unpaired) electrons. The number of benzene rings is 1. The summed E-state index contributed by atoms with van der Waals surface area (Å²) in [6.45, 7) is 5.08. The molecular formula is C29H37N3O3. The number of likely N-dealkylation sites (tertiary alicyclic amines) is 2. The molecule has 1 saturated carbocycles. The van der Waals surface area contributed by atoms with Crippen LogP contribution in [0.4, 0.5) is 0 Å². The van der Waals surface area contributed by atoms with Gasteiger partial charge in [-0.3, -0.25) is 14.6 Å². The highest BCUT2D eigenvalue weighted by atomic mass is 16.5. The van der Waals surface area contributed by atoms with Crippen molar-refractivity contribution < 1.29 is 14.3 Å². The van der Waals surface area contributed by atoms with Gasteiger partial charge in [-0.05, 0) is 74.8 Å². The zero-order valence-corrected chi connectivity index (χ0v) is 21.0. The Kier molecular flexibility index (Phi) is 7.07. The van der Waals surface area contributed by atoms with Crippen LogP contribution >= 0.6 is 0 Å². The number of carbonyl (C=O) groups excluding carboxylic acids is 2. The monoisotopic (exact) mass is 475 g/mol. The van der Waals surface area contributed by atoms with Crippen molar-refractivity contribution in [3.63, 3.8) is 0 Å². The molecule has 6 heteroatoms. The first-order chi connectivity index (χ1) is 17.0. The molecule has 2 amide bonds. The molecule has 1 aromatic heterocycles. The van der Waals surface area contributed by atoms with Gasteiger partial charge in [0.15, 0.2) is 0 Å². The highest BCUT2D eigenvalue weighted by Crippen LogP contribution is 2.37. The quantitative estimate of drug-likeness (QED) is 0.619. The number of hydrogen-bond acceptors (Lipinski definition) is 4. The van der Waals surface area contributed by atoms with E-state index in [1.54, 1.807) is 13.2 Å². The van der Waals surface area contributed by atoms with Gasteiger partial charge in [0, 0.05) is 43.4 Å². The van der Waals surface area contributed by atoms with Crippen LogP contribution in [0.1, 0.15) is 83.0 Å². The molecule has 0 spiro atoms. The van der Waals surface area contributed by atoms with Gasteiger partial charge < -0.3 is 14.5 Å². The van der Waals surface area contributed by atoms with Gasteiger partial charge in [-0.25, -0.2) is 0 Å². The third-order valence-electron chi connectivity index (χ3n) is 8.36. The van der Waals surface area contributed by atoms with E-state index in [-0.39, 0.29) is 17.7 Å². The van der Waals surface area contributed by atoms with Crippen molar-refractivity contribution in [1.29, 1.82) is 0 Å². The number of hydrogen-bond donors (Lipinski definition) is 0. The first-order valence-electron chi connectivity index (χ1n) is 13.2. The molecule has 0 N–H and O–H groups in total. The lowest BCUT2D eigenvalue weighted by Gasteiger charge is -2.41. The van der Waals surface area contributed by atoms with E-state index in [2.05, 4.69) is 4.90 Å². The molecule has 2 aromatic rings. The molecule has 186 valence electrons. The molecule has 3 fully saturated rings. The number of aromatic nitrogens is 1. The molecule has 6 nitrogen and oxygen atoms in total. The number of pyridine rings is 1. The van der Waals surface area contributed by atoms with Crippen LogP contribution in [0.3, 0.4) is 0 Å². The summed E-state index contributed by atoms with van der Waals surface area (Å²) >= 11 is 0. The van der Waals surface area contributed by atoms with Crippen LogP contribution in [-0.4, -0.2) is 59.9 Å². The summed E-state index contributed by atoms with van der Waals surface area (Å²) < 4.78 is 5.28. The lowest BCUT2D eigenvalue weighted by molar-refractivity contribution is 0.0517. The van der Waals surface area contributed by atoms with Gasteiger partial charge in [-0.1, -0.05) is 25.3 Å². The highest BCUT2D eigenvalue weighted by Gasteiger charge is 2.35. The van der Waals surface area contributed by atoms with Crippen molar-refractivity contribution in [3.05, 3.63) is 58.9 Å². The largest absolute Gasteiger partial charge is 0.497 e. The number of methoxy groups -OCH3 is 1. The maximum atomic E-state index is 13.7. The van der Waals surface area contributed by atoms with E-state index in [1.807, 2.05) is 42.2 Å². The number of rotatable bonds is 4. The van der Waals surface area contributed by atoms with E-state index in [0.717, 1.165) is 55.2 Å². The van der Waals surface area contributed by atoms with Crippen molar-refractivity contribution in [2.45, 2.75) is 57.8 Å². The van der Waals surface area contributed by atoms with E-state index < -0.39 is 0 Å². The Labute approximate surface area is 208 Å². The van der Waals surface area contributed by atoms with Crippen LogP contribution in [0.15, 0.2) is 36.4 Å². The van der Waals surface area contributed by atoms with Crippen LogP contribution in [0.25, 0.3) is 0 Å². The second kappa shape index (κ2) is 10.4. The van der Waals surface area contributed by atoms with Gasteiger partial charge in [0.2, 0.25) is 0 Å². The molecule has 5 rings (SSSR count). The fourth-order valence-electron chi connectivity index (χ4n) is 6.32. The molecule has 1 aliphatic carbocycles. The van der Waals surface area contributed by atoms with Crippen LogP contribution in [0.5, 0.6) is 5.75 Å². The number of carbonyl (C=O) groups is 2. The minimum atomic E-state index is 0.0335. The predicted octanol–water partition coefficient (Wildman–Crippen LogP) is 5.07. The minimum Gasteiger partial charge on any atom is -0.497 e. The zero-order valence-electron chi connectivity index (χ0n) is 21.0. The normalized spacial score (nSPS) is 23.0. The first-order valence-corrected chi connectivity index (χ1v) is 13.2. The van der Waals surface area contributed by atoms with Gasteiger partial charge in [0.1, 0.15) is 5.75 Å². The molecule has 3 heterocycles. The minimum absolute atomic E-state index is 0.0335. The van der Waals surface area contributed by atoms with Crippen LogP contribution in [0.2, 0.25) is 0 Å². The maximum Gasteiger partial charge on any atom is 0.255 e. The van der Waals surface area contributed by atoms with Gasteiger partial charge in [-0.15, -0.1) is 0 Å². The van der Waals surface area contributed by atoms with Crippen molar-refractivity contribution >= 4 is 11.8 Å². The number of fused-ring (bicyclic) bond motifs is 1. The SMILES string of the molecule is COc1cccc(C(=O)N2CCC(c3nc(C)ccc3C(=O)N3CCC4CCCCC4C3)CC2)c1. The average molecular weight is 476 g/mol. The summed E-state index contributed by atoms with van der Waals surface area (Å²) in [5.41, 5.74) is 3.28. The molecule has 2 unspecified atom stereocenters. The number of aryl methyl sites for hydroxylation is 1. The fourth-order valence-corrected chi connectivity index (χ4v) is 6.32. The van der Waals surface area contributed by atoms with Crippen molar-refractivity contribution in [1.82, 2.24) is 14.8 Å². The Bertz CT molecular complexity index is 1080. The van der Waals surface area contributed by atoms with Crippen LogP contribution in [0, 0.1) is 18.8 Å². The third kappa shape index (κ3) is 5.07. The Morgan fingerprint density at radius 2 is 1.63 bits per heavy atom. The Morgan fingerprint density at radius 1 is 0.886 bits per heavy atom. The molecule has 2 aliphatic heterocycles.